The lowest BCUT2D eigenvalue weighted by molar-refractivity contribution is -0.142. The summed E-state index contributed by atoms with van der Waals surface area (Å²) in [6, 6.07) is 0. The highest BCUT2D eigenvalue weighted by Gasteiger charge is 1.95. The SMILES string of the molecule is COCNCCOCCOCC(=O)O. The average Bonchev–Trinajstić information content (AvgIpc) is 2.15. The Morgan fingerprint density at radius 2 is 2.00 bits per heavy atom. The number of carbonyl (C=O) groups is 1. The number of hydrogen-bond acceptors (Lipinski definition) is 5. The summed E-state index contributed by atoms with van der Waals surface area (Å²) in [6.45, 7) is 2.19. The summed E-state index contributed by atoms with van der Waals surface area (Å²) < 4.78 is 14.6. The molecule has 0 bridgehead atoms. The number of hydrogen-bond donors (Lipinski definition) is 2. The molecular formula is C8H17NO5. The van der Waals surface area contributed by atoms with Crippen molar-refractivity contribution in [2.24, 2.45) is 0 Å². The second kappa shape index (κ2) is 10.4. The van der Waals surface area contributed by atoms with E-state index < -0.39 is 5.97 Å². The lowest BCUT2D eigenvalue weighted by Crippen LogP contribution is -2.22. The summed E-state index contributed by atoms with van der Waals surface area (Å²) in [4.78, 5) is 10.0. The van der Waals surface area contributed by atoms with Crippen LogP contribution >= 0.6 is 0 Å². The van der Waals surface area contributed by atoms with Crippen LogP contribution < -0.4 is 5.32 Å². The first kappa shape index (κ1) is 13.3. The molecule has 0 aliphatic heterocycles. The Hall–Kier alpha value is -0.690. The molecule has 0 aliphatic rings. The smallest absolute Gasteiger partial charge is 0.329 e. The predicted molar refractivity (Wildman–Crippen MR) is 49.2 cm³/mol. The fourth-order valence-electron chi connectivity index (χ4n) is 0.698. The molecule has 0 atom stereocenters. The third kappa shape index (κ3) is 11.3. The van der Waals surface area contributed by atoms with E-state index in [0.717, 1.165) is 0 Å². The lowest BCUT2D eigenvalue weighted by atomic mass is 10.6. The Balaban J connectivity index is 2.88. The minimum absolute atomic E-state index is 0.273. The van der Waals surface area contributed by atoms with E-state index >= 15 is 0 Å². The zero-order valence-corrected chi connectivity index (χ0v) is 8.32. The van der Waals surface area contributed by atoms with Gasteiger partial charge in [0, 0.05) is 13.7 Å². The number of aliphatic carboxylic acids is 1. The molecule has 0 unspecified atom stereocenters. The van der Waals surface area contributed by atoms with Crippen molar-refractivity contribution in [3.05, 3.63) is 0 Å². The van der Waals surface area contributed by atoms with E-state index in [0.29, 0.717) is 33.1 Å². The van der Waals surface area contributed by atoms with E-state index in [-0.39, 0.29) is 6.61 Å². The Kier molecular flexibility index (Phi) is 9.88. The average molecular weight is 207 g/mol. The van der Waals surface area contributed by atoms with Gasteiger partial charge < -0.3 is 19.3 Å². The standard InChI is InChI=1S/C8H17NO5/c1-12-7-9-2-3-13-4-5-14-6-8(10)11/h9H,2-7H2,1H3,(H,10,11). The van der Waals surface area contributed by atoms with E-state index in [1.54, 1.807) is 7.11 Å². The predicted octanol–water partition coefficient (Wildman–Crippen LogP) is -0.702. The van der Waals surface area contributed by atoms with Gasteiger partial charge in [-0.1, -0.05) is 0 Å². The maximum absolute atomic E-state index is 10.0. The van der Waals surface area contributed by atoms with Gasteiger partial charge in [-0.2, -0.15) is 0 Å². The Labute approximate surface area is 83.1 Å². The van der Waals surface area contributed by atoms with Crippen LogP contribution in [0.5, 0.6) is 0 Å². The van der Waals surface area contributed by atoms with Gasteiger partial charge in [0.05, 0.1) is 26.6 Å². The molecule has 84 valence electrons. The number of rotatable bonds is 10. The summed E-state index contributed by atoms with van der Waals surface area (Å²) >= 11 is 0. The van der Waals surface area contributed by atoms with Crippen LogP contribution in [0.1, 0.15) is 0 Å². The third-order valence-electron chi connectivity index (χ3n) is 1.27. The number of methoxy groups -OCH3 is 1. The second-order valence-electron chi connectivity index (χ2n) is 2.49. The minimum Gasteiger partial charge on any atom is -0.480 e. The summed E-state index contributed by atoms with van der Waals surface area (Å²) in [5, 5.41) is 11.2. The highest BCUT2D eigenvalue weighted by atomic mass is 16.5. The van der Waals surface area contributed by atoms with Crippen molar-refractivity contribution in [2.45, 2.75) is 0 Å². The van der Waals surface area contributed by atoms with Gasteiger partial charge in [-0.05, 0) is 0 Å². The molecule has 0 radical (unpaired) electrons. The largest absolute Gasteiger partial charge is 0.480 e. The van der Waals surface area contributed by atoms with Crippen molar-refractivity contribution in [1.29, 1.82) is 0 Å². The van der Waals surface area contributed by atoms with Gasteiger partial charge in [0.1, 0.15) is 6.61 Å². The molecule has 0 aromatic carbocycles. The van der Waals surface area contributed by atoms with Gasteiger partial charge in [-0.15, -0.1) is 0 Å². The van der Waals surface area contributed by atoms with Crippen LogP contribution in [0.3, 0.4) is 0 Å². The van der Waals surface area contributed by atoms with Gasteiger partial charge in [0.2, 0.25) is 0 Å². The molecule has 2 N–H and O–H groups in total. The maximum atomic E-state index is 10.0. The van der Waals surface area contributed by atoms with Crippen molar-refractivity contribution in [3.8, 4) is 0 Å². The second-order valence-corrected chi connectivity index (χ2v) is 2.49. The van der Waals surface area contributed by atoms with Gasteiger partial charge >= 0.3 is 5.97 Å². The highest BCUT2D eigenvalue weighted by Crippen LogP contribution is 1.78. The molecule has 6 heteroatoms. The Morgan fingerprint density at radius 1 is 1.29 bits per heavy atom. The van der Waals surface area contributed by atoms with Gasteiger partial charge in [0.25, 0.3) is 0 Å². The topological polar surface area (TPSA) is 77.0 Å². The number of carboxylic acids is 1. The van der Waals surface area contributed by atoms with E-state index in [1.807, 2.05) is 0 Å². The first-order valence-electron chi connectivity index (χ1n) is 4.34. The van der Waals surface area contributed by atoms with Crippen LogP contribution in [0.4, 0.5) is 0 Å². The first-order valence-corrected chi connectivity index (χ1v) is 4.34. The van der Waals surface area contributed by atoms with Crippen LogP contribution in [-0.2, 0) is 19.0 Å². The number of carboxylic acid groups (broad SMARTS) is 1. The number of ether oxygens (including phenoxy) is 3. The van der Waals surface area contributed by atoms with E-state index in [9.17, 15) is 4.79 Å². The molecule has 0 aliphatic carbocycles. The summed E-state index contributed by atoms with van der Waals surface area (Å²) in [7, 11) is 1.60. The molecule has 0 rings (SSSR count). The van der Waals surface area contributed by atoms with Crippen LogP contribution in [0.2, 0.25) is 0 Å². The molecule has 0 fully saturated rings. The number of nitrogens with one attached hydrogen (secondary N) is 1. The molecule has 14 heavy (non-hydrogen) atoms. The van der Waals surface area contributed by atoms with Crippen molar-refractivity contribution in [3.63, 3.8) is 0 Å². The minimum atomic E-state index is -0.966. The van der Waals surface area contributed by atoms with Gasteiger partial charge in [-0.25, -0.2) is 4.79 Å². The quantitative estimate of drug-likeness (QED) is 0.364. The highest BCUT2D eigenvalue weighted by molar-refractivity contribution is 5.67. The first-order chi connectivity index (χ1) is 6.77. The molecule has 0 saturated carbocycles. The Bertz CT molecular complexity index is 142. The zero-order chi connectivity index (χ0) is 10.6. The maximum Gasteiger partial charge on any atom is 0.329 e. The van der Waals surface area contributed by atoms with Crippen LogP contribution in [0.15, 0.2) is 0 Å². The monoisotopic (exact) mass is 207 g/mol. The van der Waals surface area contributed by atoms with Gasteiger partial charge in [-0.3, -0.25) is 5.32 Å². The van der Waals surface area contributed by atoms with Crippen molar-refractivity contribution in [1.82, 2.24) is 5.32 Å². The van der Waals surface area contributed by atoms with Crippen LogP contribution in [0.25, 0.3) is 0 Å². The fourth-order valence-corrected chi connectivity index (χ4v) is 0.698. The van der Waals surface area contributed by atoms with E-state index in [2.05, 4.69) is 5.32 Å². The third-order valence-corrected chi connectivity index (χ3v) is 1.27. The Morgan fingerprint density at radius 3 is 2.64 bits per heavy atom. The normalized spacial score (nSPS) is 10.4. The van der Waals surface area contributed by atoms with Gasteiger partial charge in [0.15, 0.2) is 0 Å². The van der Waals surface area contributed by atoms with Crippen LogP contribution in [-0.4, -0.2) is 57.9 Å². The van der Waals surface area contributed by atoms with Crippen molar-refractivity contribution < 1.29 is 24.1 Å². The molecule has 6 nitrogen and oxygen atoms in total. The summed E-state index contributed by atoms with van der Waals surface area (Å²) in [5.41, 5.74) is 0. The molecular weight excluding hydrogens is 190 g/mol. The van der Waals surface area contributed by atoms with Crippen molar-refractivity contribution >= 4 is 5.97 Å². The molecule has 0 heterocycles. The van der Waals surface area contributed by atoms with Crippen molar-refractivity contribution in [2.75, 3.05) is 46.8 Å². The van der Waals surface area contributed by atoms with E-state index in [4.69, 9.17) is 19.3 Å². The molecule has 0 aromatic heterocycles. The lowest BCUT2D eigenvalue weighted by Gasteiger charge is -2.05. The molecule has 0 aromatic rings. The molecule has 0 amide bonds. The molecule has 0 saturated heterocycles. The molecule has 0 spiro atoms. The summed E-state index contributed by atoms with van der Waals surface area (Å²) in [6.07, 6.45) is 0. The fraction of sp³-hybridized carbons (Fsp3) is 0.875. The zero-order valence-electron chi connectivity index (χ0n) is 8.32. The summed E-state index contributed by atoms with van der Waals surface area (Å²) in [5.74, 6) is -0.966. The van der Waals surface area contributed by atoms with Crippen LogP contribution in [0, 0.1) is 0 Å². The van der Waals surface area contributed by atoms with E-state index in [1.165, 1.54) is 0 Å².